The summed E-state index contributed by atoms with van der Waals surface area (Å²) in [5, 5.41) is 3.90. The number of benzene rings is 2. The molecule has 2 aliphatic heterocycles. The number of hydrogen-bond donors (Lipinski definition) is 0. The third kappa shape index (κ3) is 3.85. The van der Waals surface area contributed by atoms with E-state index in [0.717, 1.165) is 31.5 Å². The van der Waals surface area contributed by atoms with Gasteiger partial charge in [-0.25, -0.2) is 10.0 Å². The van der Waals surface area contributed by atoms with E-state index in [1.165, 1.54) is 11.3 Å². The minimum atomic E-state index is -0.141. The van der Waals surface area contributed by atoms with E-state index in [0.29, 0.717) is 6.54 Å². The normalized spacial score (nSPS) is 18.1. The smallest absolute Gasteiger partial charge is 0.264 e. The molecule has 0 spiro atoms. The van der Waals surface area contributed by atoms with Crippen molar-refractivity contribution in [3.8, 4) is 0 Å². The van der Waals surface area contributed by atoms with Crippen LogP contribution in [-0.2, 0) is 11.2 Å². The summed E-state index contributed by atoms with van der Waals surface area (Å²) in [7, 11) is 2.00. The van der Waals surface area contributed by atoms with Crippen LogP contribution >= 0.6 is 0 Å². The maximum Gasteiger partial charge on any atom is 0.264 e. The lowest BCUT2D eigenvalue weighted by atomic mass is 10.1. The number of para-hydroxylation sites is 1. The quantitative estimate of drug-likeness (QED) is 0.727. The number of hydrazine groups is 1. The number of nitrogens with zero attached hydrogens (tertiary/aromatic N) is 4. The molecule has 4 rings (SSSR count). The zero-order valence-corrected chi connectivity index (χ0v) is 16.2. The van der Waals surface area contributed by atoms with E-state index in [2.05, 4.69) is 34.2 Å². The summed E-state index contributed by atoms with van der Waals surface area (Å²) in [5.41, 5.74) is 3.35. The Morgan fingerprint density at radius 3 is 2.57 bits per heavy atom. The van der Waals surface area contributed by atoms with Gasteiger partial charge >= 0.3 is 0 Å². The predicted octanol–water partition coefficient (Wildman–Crippen LogP) is 3.50. The Kier molecular flexibility index (Phi) is 5.53. The van der Waals surface area contributed by atoms with Gasteiger partial charge in [0.2, 0.25) is 0 Å². The van der Waals surface area contributed by atoms with Gasteiger partial charge in [0.1, 0.15) is 6.04 Å². The largest absolute Gasteiger partial charge is 0.356 e. The monoisotopic (exact) mass is 374 g/mol. The maximum absolute atomic E-state index is 13.6. The van der Waals surface area contributed by atoms with Crippen molar-refractivity contribution < 1.29 is 4.79 Å². The van der Waals surface area contributed by atoms with E-state index < -0.39 is 0 Å². The standard InChI is InChI=1S/C23H26N4O/c1-25(16-14-19-8-4-2-5-9-19)27(20-10-6-3-7-11-20)23(28)22-13-12-21-18-24-15-17-26(21)22/h2-11,15,18,22H,12-14,16-17H2,1H3. The molecule has 1 amide bonds. The molecule has 0 bridgehead atoms. The van der Waals surface area contributed by atoms with Crippen LogP contribution in [0.3, 0.4) is 0 Å². The Labute approximate surface area is 166 Å². The van der Waals surface area contributed by atoms with E-state index in [1.54, 1.807) is 0 Å². The molecule has 2 aromatic carbocycles. The van der Waals surface area contributed by atoms with Gasteiger partial charge in [-0.15, -0.1) is 0 Å². The van der Waals surface area contributed by atoms with Crippen molar-refractivity contribution in [1.82, 2.24) is 9.91 Å². The molecule has 1 fully saturated rings. The van der Waals surface area contributed by atoms with Gasteiger partial charge in [-0.1, -0.05) is 48.5 Å². The van der Waals surface area contributed by atoms with Crippen LogP contribution in [0.25, 0.3) is 0 Å². The van der Waals surface area contributed by atoms with Crippen LogP contribution in [0.5, 0.6) is 0 Å². The fourth-order valence-corrected chi connectivity index (χ4v) is 3.94. The molecular weight excluding hydrogens is 348 g/mol. The van der Waals surface area contributed by atoms with Crippen molar-refractivity contribution >= 4 is 17.8 Å². The average molecular weight is 374 g/mol. The van der Waals surface area contributed by atoms with Gasteiger partial charge in [0.15, 0.2) is 0 Å². The minimum absolute atomic E-state index is 0.125. The SMILES string of the molecule is CN(CCc1ccccc1)N(C(=O)C1CCC2=CN=CCN21)c1ccccc1. The van der Waals surface area contributed by atoms with Gasteiger partial charge < -0.3 is 4.90 Å². The van der Waals surface area contributed by atoms with E-state index in [-0.39, 0.29) is 11.9 Å². The highest BCUT2D eigenvalue weighted by Gasteiger charge is 2.38. The fourth-order valence-electron chi connectivity index (χ4n) is 3.94. The van der Waals surface area contributed by atoms with Crippen molar-refractivity contribution in [3.05, 3.63) is 78.1 Å². The van der Waals surface area contributed by atoms with Gasteiger partial charge in [-0.3, -0.25) is 9.79 Å². The van der Waals surface area contributed by atoms with Gasteiger partial charge in [0, 0.05) is 31.7 Å². The molecule has 0 radical (unpaired) electrons. The first-order valence-electron chi connectivity index (χ1n) is 9.85. The highest BCUT2D eigenvalue weighted by molar-refractivity contribution is 5.97. The Hall–Kier alpha value is -2.92. The Morgan fingerprint density at radius 1 is 1.11 bits per heavy atom. The Balaban J connectivity index is 1.54. The van der Waals surface area contributed by atoms with Gasteiger partial charge in [-0.05, 0) is 37.0 Å². The van der Waals surface area contributed by atoms with E-state index in [1.807, 2.05) is 65.9 Å². The first kappa shape index (κ1) is 18.4. The molecule has 5 heteroatoms. The van der Waals surface area contributed by atoms with Crippen LogP contribution in [0.4, 0.5) is 5.69 Å². The Bertz CT molecular complexity index is 863. The van der Waals surface area contributed by atoms with Gasteiger partial charge in [0.05, 0.1) is 12.2 Å². The van der Waals surface area contributed by atoms with Crippen molar-refractivity contribution in [3.63, 3.8) is 0 Å². The number of rotatable bonds is 6. The Morgan fingerprint density at radius 2 is 1.82 bits per heavy atom. The number of amides is 1. The summed E-state index contributed by atoms with van der Waals surface area (Å²) in [5.74, 6) is 0.125. The number of aliphatic imine (C=N–C) groups is 1. The summed E-state index contributed by atoms with van der Waals surface area (Å²) >= 11 is 0. The number of carbonyl (C=O) groups excluding carboxylic acids is 1. The van der Waals surface area contributed by atoms with Gasteiger partial charge in [0.25, 0.3) is 5.91 Å². The highest BCUT2D eigenvalue weighted by Crippen LogP contribution is 2.31. The summed E-state index contributed by atoms with van der Waals surface area (Å²) < 4.78 is 0. The van der Waals surface area contributed by atoms with Crippen molar-refractivity contribution in [2.75, 3.05) is 25.1 Å². The van der Waals surface area contributed by atoms with Crippen LogP contribution in [0.2, 0.25) is 0 Å². The third-order valence-corrected chi connectivity index (χ3v) is 5.43. The number of allylic oxidation sites excluding steroid dienone is 1. The number of likely N-dealkylation sites (N-methyl/N-ethyl adjacent to an activating group) is 1. The van der Waals surface area contributed by atoms with Crippen LogP contribution in [0.15, 0.2) is 77.6 Å². The lowest BCUT2D eigenvalue weighted by Gasteiger charge is -2.36. The molecule has 1 unspecified atom stereocenters. The lowest BCUT2D eigenvalue weighted by Crippen LogP contribution is -2.53. The van der Waals surface area contributed by atoms with Gasteiger partial charge in [-0.2, -0.15) is 0 Å². The zero-order chi connectivity index (χ0) is 19.3. The molecule has 144 valence electrons. The van der Waals surface area contributed by atoms with Crippen molar-refractivity contribution in [1.29, 1.82) is 0 Å². The maximum atomic E-state index is 13.6. The molecule has 1 saturated heterocycles. The second-order valence-corrected chi connectivity index (χ2v) is 7.26. The fraction of sp³-hybridized carbons (Fsp3) is 0.304. The summed E-state index contributed by atoms with van der Waals surface area (Å²) in [6.07, 6.45) is 6.40. The molecular formula is C23H26N4O. The molecule has 5 nitrogen and oxygen atoms in total. The second-order valence-electron chi connectivity index (χ2n) is 7.26. The summed E-state index contributed by atoms with van der Waals surface area (Å²) in [4.78, 5) is 20.1. The van der Waals surface area contributed by atoms with E-state index in [4.69, 9.17) is 0 Å². The van der Waals surface area contributed by atoms with E-state index >= 15 is 0 Å². The molecule has 0 N–H and O–H groups in total. The number of anilines is 1. The zero-order valence-electron chi connectivity index (χ0n) is 16.2. The number of fused-ring (bicyclic) bond motifs is 1. The lowest BCUT2D eigenvalue weighted by molar-refractivity contribution is -0.125. The van der Waals surface area contributed by atoms with Crippen LogP contribution < -0.4 is 5.01 Å². The predicted molar refractivity (Wildman–Crippen MR) is 113 cm³/mol. The molecule has 0 aromatic heterocycles. The van der Waals surface area contributed by atoms with Crippen molar-refractivity contribution in [2.45, 2.75) is 25.3 Å². The molecule has 0 aliphatic carbocycles. The second kappa shape index (κ2) is 8.40. The minimum Gasteiger partial charge on any atom is -0.356 e. The third-order valence-electron chi connectivity index (χ3n) is 5.43. The van der Waals surface area contributed by atoms with Crippen LogP contribution in [0, 0.1) is 0 Å². The van der Waals surface area contributed by atoms with Crippen LogP contribution in [0.1, 0.15) is 18.4 Å². The van der Waals surface area contributed by atoms with Crippen LogP contribution in [-0.4, -0.2) is 48.2 Å². The number of hydrogen-bond acceptors (Lipinski definition) is 4. The summed E-state index contributed by atoms with van der Waals surface area (Å²) in [6, 6.07) is 20.2. The first-order valence-corrected chi connectivity index (χ1v) is 9.85. The molecule has 1 atom stereocenters. The molecule has 0 saturated carbocycles. The molecule has 28 heavy (non-hydrogen) atoms. The summed E-state index contributed by atoms with van der Waals surface area (Å²) in [6.45, 7) is 1.47. The molecule has 2 heterocycles. The topological polar surface area (TPSA) is 39.1 Å². The highest BCUT2D eigenvalue weighted by atomic mass is 16.2. The first-order chi connectivity index (χ1) is 13.7. The average Bonchev–Trinajstić information content (AvgIpc) is 3.18. The molecule has 2 aliphatic rings. The molecule has 2 aromatic rings. The van der Waals surface area contributed by atoms with Crippen molar-refractivity contribution in [2.24, 2.45) is 4.99 Å². The number of carbonyl (C=O) groups is 1. The van der Waals surface area contributed by atoms with E-state index in [9.17, 15) is 4.79 Å².